The maximum absolute atomic E-state index is 11.5. The van der Waals surface area contributed by atoms with Gasteiger partial charge in [0, 0.05) is 18.8 Å². The summed E-state index contributed by atoms with van der Waals surface area (Å²) in [7, 11) is 5.30. The molecule has 3 N–H and O–H groups in total. The van der Waals surface area contributed by atoms with Gasteiger partial charge in [0.2, 0.25) is 0 Å². The van der Waals surface area contributed by atoms with Gasteiger partial charge in [0.05, 0.1) is 18.4 Å². The number of carbonyl (C=O) groups excluding carboxylic acids is 1. The first-order valence-corrected chi connectivity index (χ1v) is 5.69. The summed E-state index contributed by atoms with van der Waals surface area (Å²) in [5.41, 5.74) is 6.54. The smallest absolute Gasteiger partial charge is 0.340 e. The number of ether oxygens (including phenoxy) is 1. The Hall–Kier alpha value is -1.82. The average Bonchev–Trinajstić information content (AvgIpc) is 2.30. The van der Waals surface area contributed by atoms with Crippen molar-refractivity contribution in [2.24, 2.45) is 0 Å². The highest BCUT2D eigenvalue weighted by Crippen LogP contribution is 2.21. The van der Waals surface area contributed by atoms with Gasteiger partial charge in [0.25, 0.3) is 0 Å². The number of carbonyl (C=O) groups is 1. The van der Waals surface area contributed by atoms with Crippen molar-refractivity contribution in [1.29, 1.82) is 0 Å². The lowest BCUT2D eigenvalue weighted by Crippen LogP contribution is -2.30. The normalized spacial score (nSPS) is 12.3. The number of nitrogen functional groups attached to an aromatic ring is 1. The van der Waals surface area contributed by atoms with Gasteiger partial charge in [-0.15, -0.1) is 0 Å². The molecule has 1 aromatic heterocycles. The Kier molecular flexibility index (Phi) is 4.91. The molecule has 0 amide bonds. The van der Waals surface area contributed by atoms with Crippen molar-refractivity contribution in [1.82, 2.24) is 9.88 Å². The molecule has 0 aliphatic heterocycles. The maximum Gasteiger partial charge on any atom is 0.340 e. The van der Waals surface area contributed by atoms with E-state index in [9.17, 15) is 4.79 Å². The van der Waals surface area contributed by atoms with Crippen LogP contribution in [0.3, 0.4) is 0 Å². The van der Waals surface area contributed by atoms with E-state index >= 15 is 0 Å². The minimum Gasteiger partial charge on any atom is -0.465 e. The van der Waals surface area contributed by atoms with E-state index in [0.29, 0.717) is 17.1 Å². The summed E-state index contributed by atoms with van der Waals surface area (Å²) in [6, 6.07) is 1.71. The van der Waals surface area contributed by atoms with Crippen LogP contribution in [0.1, 0.15) is 17.3 Å². The standard InChI is InChI=1S/C12H20N4O2/c1-8(7-16(2)3)15-11-10(13)9(5-6-14-11)12(17)18-4/h5-6,8H,7,13H2,1-4H3,(H,14,15). The van der Waals surface area contributed by atoms with Crippen LogP contribution in [-0.2, 0) is 4.74 Å². The van der Waals surface area contributed by atoms with E-state index in [1.165, 1.54) is 13.3 Å². The molecule has 0 fully saturated rings. The minimum absolute atomic E-state index is 0.169. The number of likely N-dealkylation sites (N-methyl/N-ethyl adjacent to an activating group) is 1. The van der Waals surface area contributed by atoms with Crippen LogP contribution in [0.5, 0.6) is 0 Å². The van der Waals surface area contributed by atoms with E-state index in [0.717, 1.165) is 6.54 Å². The first-order valence-electron chi connectivity index (χ1n) is 5.69. The van der Waals surface area contributed by atoms with Crippen molar-refractivity contribution in [2.75, 3.05) is 38.8 Å². The minimum atomic E-state index is -0.460. The highest BCUT2D eigenvalue weighted by molar-refractivity contribution is 5.97. The first-order chi connectivity index (χ1) is 8.45. The molecule has 0 aliphatic carbocycles. The van der Waals surface area contributed by atoms with Crippen LogP contribution in [-0.4, -0.2) is 49.6 Å². The molecule has 0 bridgehead atoms. The third kappa shape index (κ3) is 3.59. The number of methoxy groups -OCH3 is 1. The van der Waals surface area contributed by atoms with E-state index in [1.807, 2.05) is 21.0 Å². The van der Waals surface area contributed by atoms with Crippen LogP contribution in [0.15, 0.2) is 12.3 Å². The number of nitrogens with one attached hydrogen (secondary N) is 1. The van der Waals surface area contributed by atoms with Crippen LogP contribution in [0.25, 0.3) is 0 Å². The fraction of sp³-hybridized carbons (Fsp3) is 0.500. The molecule has 0 saturated carbocycles. The first kappa shape index (κ1) is 14.2. The predicted molar refractivity (Wildman–Crippen MR) is 71.6 cm³/mol. The van der Waals surface area contributed by atoms with E-state index < -0.39 is 5.97 Å². The number of nitrogens with zero attached hydrogens (tertiary/aromatic N) is 2. The Morgan fingerprint density at radius 3 is 2.83 bits per heavy atom. The third-order valence-corrected chi connectivity index (χ3v) is 2.42. The largest absolute Gasteiger partial charge is 0.465 e. The molecule has 6 heteroatoms. The van der Waals surface area contributed by atoms with E-state index in [4.69, 9.17) is 5.73 Å². The van der Waals surface area contributed by atoms with E-state index in [-0.39, 0.29) is 6.04 Å². The fourth-order valence-corrected chi connectivity index (χ4v) is 1.70. The number of esters is 1. The second-order valence-corrected chi connectivity index (χ2v) is 4.42. The summed E-state index contributed by atoms with van der Waals surface area (Å²) in [5.74, 6) is 0.0467. The Morgan fingerprint density at radius 1 is 1.61 bits per heavy atom. The van der Waals surface area contributed by atoms with Crippen LogP contribution >= 0.6 is 0 Å². The predicted octanol–water partition coefficient (Wildman–Crippen LogP) is 0.812. The number of nitrogens with two attached hydrogens (primary N) is 1. The zero-order valence-electron chi connectivity index (χ0n) is 11.2. The fourth-order valence-electron chi connectivity index (χ4n) is 1.70. The van der Waals surface area contributed by atoms with Gasteiger partial charge in [0.15, 0.2) is 0 Å². The molecule has 0 radical (unpaired) electrons. The summed E-state index contributed by atoms with van der Waals surface area (Å²) in [4.78, 5) is 17.7. The molecule has 0 saturated heterocycles. The second-order valence-electron chi connectivity index (χ2n) is 4.42. The van der Waals surface area contributed by atoms with Gasteiger partial charge in [-0.05, 0) is 27.1 Å². The topological polar surface area (TPSA) is 80.5 Å². The van der Waals surface area contributed by atoms with Gasteiger partial charge in [-0.25, -0.2) is 9.78 Å². The molecule has 1 aromatic rings. The van der Waals surface area contributed by atoms with Gasteiger partial charge in [-0.3, -0.25) is 0 Å². The van der Waals surface area contributed by atoms with Gasteiger partial charge < -0.3 is 20.7 Å². The van der Waals surface area contributed by atoms with Crippen molar-refractivity contribution in [3.05, 3.63) is 17.8 Å². The molecule has 0 aromatic carbocycles. The highest BCUT2D eigenvalue weighted by Gasteiger charge is 2.15. The van der Waals surface area contributed by atoms with Crippen LogP contribution in [0.2, 0.25) is 0 Å². The van der Waals surface area contributed by atoms with Crippen LogP contribution in [0.4, 0.5) is 11.5 Å². The Balaban J connectivity index is 2.87. The summed E-state index contributed by atoms with van der Waals surface area (Å²) < 4.78 is 4.66. The number of rotatable bonds is 5. The molecule has 1 unspecified atom stereocenters. The van der Waals surface area contributed by atoms with Gasteiger partial charge in [0.1, 0.15) is 5.82 Å². The monoisotopic (exact) mass is 252 g/mol. The van der Waals surface area contributed by atoms with Crippen LogP contribution < -0.4 is 11.1 Å². The van der Waals surface area contributed by atoms with Gasteiger partial charge in [-0.2, -0.15) is 0 Å². The zero-order chi connectivity index (χ0) is 13.7. The number of hydrogen-bond donors (Lipinski definition) is 2. The second kappa shape index (κ2) is 6.20. The van der Waals surface area contributed by atoms with E-state index in [1.54, 1.807) is 6.07 Å². The Bertz CT molecular complexity index is 421. The number of aromatic nitrogens is 1. The maximum atomic E-state index is 11.5. The highest BCUT2D eigenvalue weighted by atomic mass is 16.5. The molecule has 6 nitrogen and oxygen atoms in total. The number of pyridine rings is 1. The zero-order valence-corrected chi connectivity index (χ0v) is 11.2. The molecule has 18 heavy (non-hydrogen) atoms. The summed E-state index contributed by atoms with van der Waals surface area (Å²) in [5, 5.41) is 3.18. The summed E-state index contributed by atoms with van der Waals surface area (Å²) in [6.07, 6.45) is 1.54. The lowest BCUT2D eigenvalue weighted by atomic mass is 10.2. The van der Waals surface area contributed by atoms with Crippen molar-refractivity contribution in [2.45, 2.75) is 13.0 Å². The SMILES string of the molecule is COC(=O)c1ccnc(NC(C)CN(C)C)c1N. The average molecular weight is 252 g/mol. The Morgan fingerprint density at radius 2 is 2.28 bits per heavy atom. The van der Waals surface area contributed by atoms with Gasteiger partial charge in [-0.1, -0.05) is 0 Å². The van der Waals surface area contributed by atoms with E-state index in [2.05, 4.69) is 19.9 Å². The lowest BCUT2D eigenvalue weighted by molar-refractivity contribution is 0.0602. The van der Waals surface area contributed by atoms with Crippen molar-refractivity contribution in [3.63, 3.8) is 0 Å². The number of hydrogen-bond acceptors (Lipinski definition) is 6. The molecule has 0 spiro atoms. The third-order valence-electron chi connectivity index (χ3n) is 2.42. The molecule has 0 aliphatic rings. The van der Waals surface area contributed by atoms with Crippen molar-refractivity contribution >= 4 is 17.5 Å². The molecular formula is C12H20N4O2. The number of anilines is 2. The quantitative estimate of drug-likeness (QED) is 0.755. The van der Waals surface area contributed by atoms with Gasteiger partial charge >= 0.3 is 5.97 Å². The van der Waals surface area contributed by atoms with Crippen molar-refractivity contribution < 1.29 is 9.53 Å². The summed E-state index contributed by atoms with van der Waals surface area (Å²) in [6.45, 7) is 2.86. The lowest BCUT2D eigenvalue weighted by Gasteiger charge is -2.20. The molecule has 1 heterocycles. The molecule has 1 atom stereocenters. The molecule has 100 valence electrons. The van der Waals surface area contributed by atoms with Crippen molar-refractivity contribution in [3.8, 4) is 0 Å². The molecule has 1 rings (SSSR count). The van der Waals surface area contributed by atoms with Crippen LogP contribution in [0, 0.1) is 0 Å². The molecular weight excluding hydrogens is 232 g/mol. The Labute approximate surface area is 107 Å². The summed E-state index contributed by atoms with van der Waals surface area (Å²) >= 11 is 0.